The van der Waals surface area contributed by atoms with Crippen LogP contribution in [0.25, 0.3) is 5.76 Å². The lowest BCUT2D eigenvalue weighted by atomic mass is 9.93. The number of aromatic nitrogens is 1. The molecule has 1 amide bonds. The van der Waals surface area contributed by atoms with Crippen molar-refractivity contribution in [1.29, 1.82) is 0 Å². The van der Waals surface area contributed by atoms with Crippen molar-refractivity contribution in [2.24, 2.45) is 0 Å². The summed E-state index contributed by atoms with van der Waals surface area (Å²) in [5.41, 5.74) is 2.43. The monoisotopic (exact) mass is 486 g/mol. The van der Waals surface area contributed by atoms with Gasteiger partial charge in [-0.05, 0) is 66.4 Å². The molecule has 1 N–H and O–H groups in total. The summed E-state index contributed by atoms with van der Waals surface area (Å²) in [4.78, 5) is 32.2. The fourth-order valence-electron chi connectivity index (χ4n) is 4.58. The van der Waals surface area contributed by atoms with Gasteiger partial charge in [-0.25, -0.2) is 0 Å². The first-order valence-electron chi connectivity index (χ1n) is 11.8. The smallest absolute Gasteiger partial charge is 0.300 e. The fourth-order valence-corrected chi connectivity index (χ4v) is 4.58. The lowest BCUT2D eigenvalue weighted by Crippen LogP contribution is -2.29. The van der Waals surface area contributed by atoms with E-state index in [-0.39, 0.29) is 24.0 Å². The van der Waals surface area contributed by atoms with Crippen LogP contribution in [0.1, 0.15) is 49.4 Å². The van der Waals surface area contributed by atoms with Crippen molar-refractivity contribution in [3.8, 4) is 17.2 Å². The molecule has 2 aliphatic rings. The number of Topliss-reactive ketones (excluding diaryl/α,β-unsaturated/α-hetero) is 1. The number of aliphatic hydroxyl groups is 1. The van der Waals surface area contributed by atoms with E-state index in [2.05, 4.69) is 4.98 Å². The van der Waals surface area contributed by atoms with Gasteiger partial charge in [-0.2, -0.15) is 0 Å². The van der Waals surface area contributed by atoms with Crippen LogP contribution in [0.2, 0.25) is 0 Å². The third-order valence-electron chi connectivity index (χ3n) is 6.31. The van der Waals surface area contributed by atoms with E-state index in [4.69, 9.17) is 14.2 Å². The molecule has 2 aliphatic heterocycles. The van der Waals surface area contributed by atoms with Crippen molar-refractivity contribution in [2.75, 3.05) is 18.3 Å². The van der Waals surface area contributed by atoms with E-state index < -0.39 is 17.7 Å². The number of nitrogens with zero attached hydrogens (tertiary/aromatic N) is 2. The molecule has 0 saturated carbocycles. The Morgan fingerprint density at radius 1 is 1.08 bits per heavy atom. The number of pyridine rings is 1. The number of anilines is 1. The van der Waals surface area contributed by atoms with Crippen LogP contribution in [-0.2, 0) is 9.59 Å². The Kier molecular flexibility index (Phi) is 6.10. The average molecular weight is 487 g/mol. The van der Waals surface area contributed by atoms with Gasteiger partial charge in [0.2, 0.25) is 6.79 Å². The topological polar surface area (TPSA) is 98.2 Å². The second-order valence-electron chi connectivity index (χ2n) is 8.83. The van der Waals surface area contributed by atoms with Crippen LogP contribution in [0.4, 0.5) is 5.69 Å². The van der Waals surface area contributed by atoms with Gasteiger partial charge >= 0.3 is 0 Å². The minimum atomic E-state index is -0.859. The van der Waals surface area contributed by atoms with Crippen molar-refractivity contribution in [3.05, 3.63) is 83.2 Å². The Morgan fingerprint density at radius 3 is 2.56 bits per heavy atom. The highest BCUT2D eigenvalue weighted by Gasteiger charge is 2.47. The number of amides is 1. The van der Waals surface area contributed by atoms with E-state index in [0.29, 0.717) is 34.9 Å². The molecular formula is C28H26N2O6. The summed E-state index contributed by atoms with van der Waals surface area (Å²) in [5.74, 6) is 0.117. The van der Waals surface area contributed by atoms with Crippen LogP contribution >= 0.6 is 0 Å². The van der Waals surface area contributed by atoms with Crippen LogP contribution in [0.15, 0.2) is 66.5 Å². The Balaban J connectivity index is 1.68. The normalized spacial score (nSPS) is 18.2. The maximum atomic E-state index is 13.4. The standard InChI is InChI=1S/C28H26N2O6/c1-4-34-21-7-5-18(13-20(21)16(2)3)26(31)24-25(17-9-11-29-12-10-17)30(28(33)27(24)32)19-6-8-22-23(14-19)36-15-35-22/h5-14,16,25,31H,4,15H2,1-3H3/b26-24+. The molecule has 36 heavy (non-hydrogen) atoms. The van der Waals surface area contributed by atoms with E-state index in [9.17, 15) is 14.7 Å². The van der Waals surface area contributed by atoms with Crippen molar-refractivity contribution >= 4 is 23.1 Å². The van der Waals surface area contributed by atoms with Crippen molar-refractivity contribution in [1.82, 2.24) is 4.98 Å². The van der Waals surface area contributed by atoms with Crippen LogP contribution < -0.4 is 19.1 Å². The zero-order valence-electron chi connectivity index (χ0n) is 20.2. The third kappa shape index (κ3) is 3.94. The molecule has 1 fully saturated rings. The molecule has 1 unspecified atom stereocenters. The molecule has 8 nitrogen and oxygen atoms in total. The predicted molar refractivity (Wildman–Crippen MR) is 133 cm³/mol. The van der Waals surface area contributed by atoms with Crippen LogP contribution in [0.3, 0.4) is 0 Å². The number of ketones is 1. The number of fused-ring (bicyclic) bond motifs is 1. The summed E-state index contributed by atoms with van der Waals surface area (Å²) in [7, 11) is 0. The first-order valence-corrected chi connectivity index (χ1v) is 11.8. The van der Waals surface area contributed by atoms with E-state index in [1.807, 2.05) is 26.8 Å². The average Bonchev–Trinajstić information content (AvgIpc) is 3.46. The van der Waals surface area contributed by atoms with E-state index >= 15 is 0 Å². The van der Waals surface area contributed by atoms with Gasteiger partial charge < -0.3 is 19.3 Å². The molecule has 0 bridgehead atoms. The predicted octanol–water partition coefficient (Wildman–Crippen LogP) is 4.96. The molecule has 5 rings (SSSR count). The molecule has 1 saturated heterocycles. The van der Waals surface area contributed by atoms with Gasteiger partial charge in [0, 0.05) is 29.7 Å². The van der Waals surface area contributed by atoms with Crippen molar-refractivity contribution in [2.45, 2.75) is 32.7 Å². The van der Waals surface area contributed by atoms with Crippen molar-refractivity contribution in [3.63, 3.8) is 0 Å². The zero-order chi connectivity index (χ0) is 25.4. The maximum absolute atomic E-state index is 13.4. The minimum absolute atomic E-state index is 0.00253. The molecule has 184 valence electrons. The molecule has 1 atom stereocenters. The van der Waals surface area contributed by atoms with E-state index in [1.54, 1.807) is 54.9 Å². The Bertz CT molecular complexity index is 1370. The van der Waals surface area contributed by atoms with Gasteiger partial charge in [0.1, 0.15) is 11.5 Å². The first kappa shape index (κ1) is 23.4. The summed E-state index contributed by atoms with van der Waals surface area (Å²) >= 11 is 0. The lowest BCUT2D eigenvalue weighted by Gasteiger charge is -2.25. The van der Waals surface area contributed by atoms with Crippen molar-refractivity contribution < 1.29 is 28.9 Å². The highest BCUT2D eigenvalue weighted by molar-refractivity contribution is 6.51. The van der Waals surface area contributed by atoms with Gasteiger partial charge in [-0.1, -0.05) is 13.8 Å². The van der Waals surface area contributed by atoms with Crippen LogP contribution in [0.5, 0.6) is 17.2 Å². The van der Waals surface area contributed by atoms with Crippen LogP contribution in [-0.4, -0.2) is 35.2 Å². The number of hydrogen-bond donors (Lipinski definition) is 1. The van der Waals surface area contributed by atoms with Gasteiger partial charge in [-0.3, -0.25) is 19.5 Å². The first-order chi connectivity index (χ1) is 17.4. The highest BCUT2D eigenvalue weighted by Crippen LogP contribution is 2.45. The maximum Gasteiger partial charge on any atom is 0.300 e. The summed E-state index contributed by atoms with van der Waals surface area (Å²) < 4.78 is 16.6. The largest absolute Gasteiger partial charge is 0.507 e. The molecular weight excluding hydrogens is 460 g/mol. The third-order valence-corrected chi connectivity index (χ3v) is 6.31. The Hall–Kier alpha value is -4.33. The molecule has 0 aliphatic carbocycles. The second-order valence-corrected chi connectivity index (χ2v) is 8.83. The van der Waals surface area contributed by atoms with Gasteiger partial charge in [0.15, 0.2) is 11.5 Å². The second kappa shape index (κ2) is 9.37. The fraction of sp³-hybridized carbons (Fsp3) is 0.250. The summed E-state index contributed by atoms with van der Waals surface area (Å²) in [6.45, 7) is 6.55. The number of benzene rings is 2. The minimum Gasteiger partial charge on any atom is -0.507 e. The molecule has 3 aromatic rings. The van der Waals surface area contributed by atoms with Gasteiger partial charge in [-0.15, -0.1) is 0 Å². The number of carbonyl (C=O) groups excluding carboxylic acids is 2. The van der Waals surface area contributed by atoms with E-state index in [1.165, 1.54) is 4.90 Å². The molecule has 0 radical (unpaired) electrons. The molecule has 2 aromatic carbocycles. The number of aliphatic hydroxyl groups excluding tert-OH is 1. The SMILES string of the molecule is CCOc1ccc(/C(O)=C2\C(=O)C(=O)N(c3ccc4c(c3)OCO4)C2c2ccncc2)cc1C(C)C. The quantitative estimate of drug-likeness (QED) is 0.299. The summed E-state index contributed by atoms with van der Waals surface area (Å²) in [6, 6.07) is 12.9. The van der Waals surface area contributed by atoms with Gasteiger partial charge in [0.25, 0.3) is 11.7 Å². The van der Waals surface area contributed by atoms with Crippen LogP contribution in [0, 0.1) is 0 Å². The Labute approximate surface area is 208 Å². The highest BCUT2D eigenvalue weighted by atomic mass is 16.7. The number of carbonyl (C=O) groups is 2. The molecule has 3 heterocycles. The number of ether oxygens (including phenoxy) is 3. The number of hydrogen-bond acceptors (Lipinski definition) is 7. The van der Waals surface area contributed by atoms with Gasteiger partial charge in [0.05, 0.1) is 18.2 Å². The zero-order valence-corrected chi connectivity index (χ0v) is 20.2. The van der Waals surface area contributed by atoms with E-state index in [0.717, 1.165) is 11.3 Å². The lowest BCUT2D eigenvalue weighted by molar-refractivity contribution is -0.132. The molecule has 1 aromatic heterocycles. The summed E-state index contributed by atoms with van der Waals surface area (Å²) in [6.07, 6.45) is 3.17. The Morgan fingerprint density at radius 2 is 1.83 bits per heavy atom. The summed E-state index contributed by atoms with van der Waals surface area (Å²) in [5, 5.41) is 11.5. The number of rotatable bonds is 6. The molecule has 8 heteroatoms. The molecule has 0 spiro atoms.